The monoisotopic (exact) mass is 539 g/mol. The summed E-state index contributed by atoms with van der Waals surface area (Å²) in [5.41, 5.74) is 2.18. The highest BCUT2D eigenvalue weighted by atomic mass is 32.2. The van der Waals surface area contributed by atoms with Crippen molar-refractivity contribution >= 4 is 44.9 Å². The van der Waals surface area contributed by atoms with E-state index in [0.717, 1.165) is 5.56 Å². The van der Waals surface area contributed by atoms with Crippen LogP contribution in [0.5, 0.6) is 17.2 Å². The largest absolute Gasteiger partial charge is 0.497 e. The molecule has 0 aliphatic rings. The number of aromatic nitrogens is 2. The zero-order valence-corrected chi connectivity index (χ0v) is 22.8. The molecule has 37 heavy (non-hydrogen) atoms. The second-order valence-corrected chi connectivity index (χ2v) is 10.2. The maximum atomic E-state index is 13.4. The van der Waals surface area contributed by atoms with Gasteiger partial charge in [-0.15, -0.1) is 11.3 Å². The predicted molar refractivity (Wildman–Crippen MR) is 149 cm³/mol. The Kier molecular flexibility index (Phi) is 8.73. The van der Waals surface area contributed by atoms with Crippen LogP contribution in [0.2, 0.25) is 0 Å². The number of fused-ring (bicyclic) bond motifs is 1. The molecule has 0 unspecified atom stereocenters. The van der Waals surface area contributed by atoms with Crippen LogP contribution in [0.4, 0.5) is 5.69 Å². The standard InChI is InChI=1S/C27H29N3O5S2/c1-5-23(25(31)28-18-7-6-8-19(16-18)33-2)37-27-29-20-12-14-36-24(20)26(32)30(27)13-11-17-9-10-21(34-3)22(15-17)35-4/h6-10,12,14-16,23H,5,11,13H2,1-4H3,(H,28,31)/t23-/m0/s1. The van der Waals surface area contributed by atoms with E-state index in [1.807, 2.05) is 54.8 Å². The van der Waals surface area contributed by atoms with E-state index in [2.05, 4.69) is 5.32 Å². The number of methoxy groups -OCH3 is 3. The van der Waals surface area contributed by atoms with Crippen LogP contribution in [-0.2, 0) is 17.8 Å². The van der Waals surface area contributed by atoms with E-state index < -0.39 is 5.25 Å². The quantitative estimate of drug-likeness (QED) is 0.206. The third kappa shape index (κ3) is 6.08. The summed E-state index contributed by atoms with van der Waals surface area (Å²) in [5.74, 6) is 1.78. The average Bonchev–Trinajstić information content (AvgIpc) is 3.40. The van der Waals surface area contributed by atoms with Crippen LogP contribution in [0, 0.1) is 0 Å². The topological polar surface area (TPSA) is 91.7 Å². The highest BCUT2D eigenvalue weighted by molar-refractivity contribution is 8.00. The fourth-order valence-electron chi connectivity index (χ4n) is 3.86. The van der Waals surface area contributed by atoms with Crippen LogP contribution in [0.1, 0.15) is 18.9 Å². The van der Waals surface area contributed by atoms with E-state index in [4.69, 9.17) is 19.2 Å². The van der Waals surface area contributed by atoms with Gasteiger partial charge in [0.25, 0.3) is 5.56 Å². The average molecular weight is 540 g/mol. The number of benzene rings is 2. The van der Waals surface area contributed by atoms with Crippen molar-refractivity contribution in [3.05, 3.63) is 69.8 Å². The van der Waals surface area contributed by atoms with Crippen molar-refractivity contribution in [1.29, 1.82) is 0 Å². The van der Waals surface area contributed by atoms with Crippen molar-refractivity contribution in [2.75, 3.05) is 26.6 Å². The lowest BCUT2D eigenvalue weighted by Gasteiger charge is -2.18. The van der Waals surface area contributed by atoms with Gasteiger partial charge in [0.05, 0.1) is 32.1 Å². The molecule has 10 heteroatoms. The summed E-state index contributed by atoms with van der Waals surface area (Å²) in [5, 5.41) is 4.89. The van der Waals surface area contributed by atoms with Crippen molar-refractivity contribution in [3.63, 3.8) is 0 Å². The molecule has 194 valence electrons. The van der Waals surface area contributed by atoms with E-state index in [1.54, 1.807) is 32.0 Å². The first-order valence-corrected chi connectivity index (χ1v) is 13.5. The molecule has 0 radical (unpaired) electrons. The number of carbonyl (C=O) groups is 1. The summed E-state index contributed by atoms with van der Waals surface area (Å²) < 4.78 is 18.3. The van der Waals surface area contributed by atoms with Crippen LogP contribution in [-0.4, -0.2) is 42.0 Å². The minimum absolute atomic E-state index is 0.106. The lowest BCUT2D eigenvalue weighted by molar-refractivity contribution is -0.115. The number of anilines is 1. The maximum absolute atomic E-state index is 13.4. The molecule has 0 fully saturated rings. The third-order valence-corrected chi connectivity index (χ3v) is 8.10. The number of aryl methyl sites for hydroxylation is 1. The molecule has 2 aromatic carbocycles. The Morgan fingerprint density at radius 1 is 1.08 bits per heavy atom. The first kappa shape index (κ1) is 26.6. The number of ether oxygens (including phenoxy) is 3. The summed E-state index contributed by atoms with van der Waals surface area (Å²) in [7, 11) is 4.77. The van der Waals surface area contributed by atoms with Crippen molar-refractivity contribution < 1.29 is 19.0 Å². The normalized spacial score (nSPS) is 11.8. The lowest BCUT2D eigenvalue weighted by Crippen LogP contribution is -2.28. The van der Waals surface area contributed by atoms with Crippen LogP contribution >= 0.6 is 23.1 Å². The Hall–Kier alpha value is -3.50. The fraction of sp³-hybridized carbons (Fsp3) is 0.296. The molecule has 0 saturated carbocycles. The van der Waals surface area contributed by atoms with E-state index in [9.17, 15) is 9.59 Å². The summed E-state index contributed by atoms with van der Waals surface area (Å²) in [4.78, 5) is 31.3. The van der Waals surface area contributed by atoms with Crippen LogP contribution < -0.4 is 25.1 Å². The number of rotatable bonds is 11. The van der Waals surface area contributed by atoms with Gasteiger partial charge in [-0.05, 0) is 54.1 Å². The molecule has 1 amide bonds. The molecule has 1 atom stereocenters. The van der Waals surface area contributed by atoms with Crippen molar-refractivity contribution in [2.45, 2.75) is 36.7 Å². The fourth-order valence-corrected chi connectivity index (χ4v) is 5.68. The number of thioether (sulfide) groups is 1. The molecule has 8 nitrogen and oxygen atoms in total. The van der Waals surface area contributed by atoms with Gasteiger partial charge in [-0.3, -0.25) is 14.2 Å². The second-order valence-electron chi connectivity index (χ2n) is 8.16. The summed E-state index contributed by atoms with van der Waals surface area (Å²) in [6.45, 7) is 2.35. The van der Waals surface area contributed by atoms with Gasteiger partial charge in [-0.25, -0.2) is 4.98 Å². The molecule has 4 aromatic rings. The number of nitrogens with zero attached hydrogens (tertiary/aromatic N) is 2. The summed E-state index contributed by atoms with van der Waals surface area (Å²) in [6, 6.07) is 14.8. The first-order chi connectivity index (χ1) is 18.0. The van der Waals surface area contributed by atoms with Gasteiger partial charge in [0, 0.05) is 18.3 Å². The van der Waals surface area contributed by atoms with Crippen molar-refractivity contribution in [1.82, 2.24) is 9.55 Å². The number of amides is 1. The smallest absolute Gasteiger partial charge is 0.272 e. The Morgan fingerprint density at radius 3 is 2.62 bits per heavy atom. The Labute approximate surface area is 223 Å². The number of hydrogen-bond acceptors (Lipinski definition) is 8. The van der Waals surface area contributed by atoms with Crippen LogP contribution in [0.25, 0.3) is 10.2 Å². The van der Waals surface area contributed by atoms with Crippen molar-refractivity contribution in [3.8, 4) is 17.2 Å². The zero-order valence-electron chi connectivity index (χ0n) is 21.1. The van der Waals surface area contributed by atoms with Crippen LogP contribution in [0.3, 0.4) is 0 Å². The van der Waals surface area contributed by atoms with E-state index >= 15 is 0 Å². The molecular weight excluding hydrogens is 510 g/mol. The van der Waals surface area contributed by atoms with Gasteiger partial charge in [-0.2, -0.15) is 0 Å². The molecule has 0 spiro atoms. The molecule has 1 N–H and O–H groups in total. The number of nitrogens with one attached hydrogen (secondary N) is 1. The number of carbonyl (C=O) groups excluding carboxylic acids is 1. The zero-order chi connectivity index (χ0) is 26.4. The van der Waals surface area contributed by atoms with E-state index in [-0.39, 0.29) is 11.5 Å². The molecule has 4 rings (SSSR count). The summed E-state index contributed by atoms with van der Waals surface area (Å²) in [6.07, 6.45) is 1.15. The van der Waals surface area contributed by atoms with Crippen molar-refractivity contribution in [2.24, 2.45) is 0 Å². The van der Waals surface area contributed by atoms with Gasteiger partial charge in [-0.1, -0.05) is 30.8 Å². The van der Waals surface area contributed by atoms with Gasteiger partial charge in [0.1, 0.15) is 10.4 Å². The van der Waals surface area contributed by atoms with E-state index in [1.165, 1.54) is 23.1 Å². The number of hydrogen-bond donors (Lipinski definition) is 1. The minimum atomic E-state index is -0.443. The molecule has 0 aliphatic heterocycles. The third-order valence-electron chi connectivity index (χ3n) is 5.85. The Balaban J connectivity index is 1.60. The molecule has 0 bridgehead atoms. The van der Waals surface area contributed by atoms with Crippen LogP contribution in [0.15, 0.2) is 63.9 Å². The molecular formula is C27H29N3O5S2. The Bertz CT molecular complexity index is 1450. The first-order valence-electron chi connectivity index (χ1n) is 11.8. The highest BCUT2D eigenvalue weighted by Gasteiger charge is 2.23. The predicted octanol–water partition coefficient (Wildman–Crippen LogP) is 5.24. The van der Waals surface area contributed by atoms with Gasteiger partial charge in [0.15, 0.2) is 16.7 Å². The Morgan fingerprint density at radius 2 is 1.89 bits per heavy atom. The molecule has 0 aliphatic carbocycles. The highest BCUT2D eigenvalue weighted by Crippen LogP contribution is 2.30. The second kappa shape index (κ2) is 12.2. The number of thiophene rings is 1. The lowest BCUT2D eigenvalue weighted by atomic mass is 10.1. The van der Waals surface area contributed by atoms with E-state index in [0.29, 0.717) is 57.7 Å². The minimum Gasteiger partial charge on any atom is -0.497 e. The maximum Gasteiger partial charge on any atom is 0.272 e. The van der Waals surface area contributed by atoms with Gasteiger partial charge < -0.3 is 19.5 Å². The van der Waals surface area contributed by atoms with Gasteiger partial charge >= 0.3 is 0 Å². The molecule has 2 aromatic heterocycles. The molecule has 2 heterocycles. The summed E-state index contributed by atoms with van der Waals surface area (Å²) >= 11 is 2.68. The van der Waals surface area contributed by atoms with Gasteiger partial charge in [0.2, 0.25) is 5.91 Å². The molecule has 0 saturated heterocycles. The SMILES string of the molecule is CC[C@H](Sc1nc2ccsc2c(=O)n1CCc1ccc(OC)c(OC)c1)C(=O)Nc1cccc(OC)c1.